The monoisotopic (exact) mass is 156 g/mol. The van der Waals surface area contributed by atoms with Gasteiger partial charge >= 0.3 is 5.97 Å². The van der Waals surface area contributed by atoms with E-state index in [4.69, 9.17) is 5.11 Å². The van der Waals surface area contributed by atoms with E-state index >= 15 is 0 Å². The Bertz CT molecular complexity index is 174. The molecule has 0 aliphatic heterocycles. The lowest BCUT2D eigenvalue weighted by Gasteiger charge is -2.06. The van der Waals surface area contributed by atoms with Crippen LogP contribution in [-0.4, -0.2) is 24.8 Å². The van der Waals surface area contributed by atoms with E-state index in [0.29, 0.717) is 6.42 Å². The van der Waals surface area contributed by atoms with Crippen molar-refractivity contribution in [2.45, 2.75) is 6.42 Å². The number of rotatable bonds is 2. The van der Waals surface area contributed by atoms with Crippen LogP contribution in [0.25, 0.3) is 0 Å². The van der Waals surface area contributed by atoms with Crippen LogP contribution in [0.15, 0.2) is 12.2 Å². The maximum Gasteiger partial charge on any atom is 0.312 e. The molecule has 3 nitrogen and oxygen atoms in total. The average molecular weight is 156 g/mol. The minimum absolute atomic E-state index is 0.115. The topological polar surface area (TPSA) is 46.5 Å². The van der Waals surface area contributed by atoms with Crippen molar-refractivity contribution in [2.24, 2.45) is 11.8 Å². The minimum Gasteiger partial charge on any atom is -0.469 e. The molecule has 0 heterocycles. The average Bonchev–Trinajstić information content (AvgIpc) is 2.50. The number of carbonyl (C=O) groups excluding carboxylic acids is 1. The van der Waals surface area contributed by atoms with Crippen LogP contribution in [0.5, 0.6) is 0 Å². The van der Waals surface area contributed by atoms with E-state index in [-0.39, 0.29) is 24.4 Å². The van der Waals surface area contributed by atoms with Crippen LogP contribution in [0.3, 0.4) is 0 Å². The van der Waals surface area contributed by atoms with E-state index in [2.05, 4.69) is 4.74 Å². The smallest absolute Gasteiger partial charge is 0.312 e. The van der Waals surface area contributed by atoms with Crippen LogP contribution in [0.4, 0.5) is 0 Å². The fourth-order valence-corrected chi connectivity index (χ4v) is 1.24. The van der Waals surface area contributed by atoms with Gasteiger partial charge in [0.2, 0.25) is 0 Å². The first kappa shape index (κ1) is 8.27. The van der Waals surface area contributed by atoms with Gasteiger partial charge in [0.1, 0.15) is 0 Å². The molecule has 1 aliphatic rings. The second-order valence-corrected chi connectivity index (χ2v) is 2.69. The third-order valence-corrected chi connectivity index (χ3v) is 1.91. The molecule has 0 bridgehead atoms. The van der Waals surface area contributed by atoms with Gasteiger partial charge < -0.3 is 9.84 Å². The molecule has 0 saturated heterocycles. The predicted octanol–water partition coefficient (Wildman–Crippen LogP) is 0.344. The molecule has 0 fully saturated rings. The summed E-state index contributed by atoms with van der Waals surface area (Å²) in [5.41, 5.74) is 0. The van der Waals surface area contributed by atoms with E-state index in [9.17, 15) is 4.79 Å². The Labute approximate surface area is 65.7 Å². The lowest BCUT2D eigenvalue weighted by molar-refractivity contribution is -0.143. The maximum absolute atomic E-state index is 10.9. The largest absolute Gasteiger partial charge is 0.469 e. The summed E-state index contributed by atoms with van der Waals surface area (Å²) in [5, 5.41) is 8.73. The molecule has 0 aromatic rings. The highest BCUT2D eigenvalue weighted by molar-refractivity contribution is 5.74. The second kappa shape index (κ2) is 3.53. The molecule has 1 N–H and O–H groups in total. The first-order chi connectivity index (χ1) is 5.27. The summed E-state index contributed by atoms with van der Waals surface area (Å²) in [6, 6.07) is 0. The van der Waals surface area contributed by atoms with Crippen molar-refractivity contribution in [3.05, 3.63) is 12.2 Å². The summed E-state index contributed by atoms with van der Waals surface area (Å²) in [7, 11) is 1.38. The lowest BCUT2D eigenvalue weighted by atomic mass is 10.0. The van der Waals surface area contributed by atoms with Crippen molar-refractivity contribution in [3.63, 3.8) is 0 Å². The Hall–Kier alpha value is -0.830. The number of carbonyl (C=O) groups is 1. The van der Waals surface area contributed by atoms with Crippen molar-refractivity contribution >= 4 is 5.97 Å². The van der Waals surface area contributed by atoms with Gasteiger partial charge in [-0.1, -0.05) is 12.2 Å². The summed E-state index contributed by atoms with van der Waals surface area (Å²) < 4.78 is 4.56. The van der Waals surface area contributed by atoms with Crippen LogP contribution in [0, 0.1) is 11.8 Å². The number of aliphatic hydroxyl groups is 1. The van der Waals surface area contributed by atoms with Crippen molar-refractivity contribution in [3.8, 4) is 0 Å². The van der Waals surface area contributed by atoms with Crippen LogP contribution < -0.4 is 0 Å². The zero-order valence-corrected chi connectivity index (χ0v) is 6.49. The Morgan fingerprint density at radius 2 is 2.45 bits per heavy atom. The van der Waals surface area contributed by atoms with Gasteiger partial charge in [-0.15, -0.1) is 0 Å². The van der Waals surface area contributed by atoms with Crippen LogP contribution in [0.2, 0.25) is 0 Å². The molecule has 0 radical (unpaired) electrons. The highest BCUT2D eigenvalue weighted by Gasteiger charge is 2.24. The van der Waals surface area contributed by atoms with Gasteiger partial charge in [0.05, 0.1) is 13.0 Å². The molecule has 0 amide bonds. The number of aliphatic hydroxyl groups excluding tert-OH is 1. The third kappa shape index (κ3) is 1.80. The second-order valence-electron chi connectivity index (χ2n) is 2.69. The summed E-state index contributed by atoms with van der Waals surface area (Å²) in [4.78, 5) is 10.9. The molecule has 0 saturated carbocycles. The van der Waals surface area contributed by atoms with Gasteiger partial charge in [0.15, 0.2) is 0 Å². The number of ether oxygens (including phenoxy) is 1. The van der Waals surface area contributed by atoms with Gasteiger partial charge in [-0.05, 0) is 6.42 Å². The molecule has 0 aromatic carbocycles. The number of esters is 1. The van der Waals surface area contributed by atoms with Gasteiger partial charge in [-0.2, -0.15) is 0 Å². The van der Waals surface area contributed by atoms with Crippen molar-refractivity contribution in [2.75, 3.05) is 13.7 Å². The Balaban J connectivity index is 2.43. The predicted molar refractivity (Wildman–Crippen MR) is 39.8 cm³/mol. The standard InChI is InChI=1S/C8H12O3/c1-11-8(10)7-3-2-6(4-7)5-9/h2-3,6-7,9H,4-5H2,1H3/t6-,7+/m0/s1. The van der Waals surface area contributed by atoms with Crippen molar-refractivity contribution in [1.82, 2.24) is 0 Å². The van der Waals surface area contributed by atoms with E-state index in [0.717, 1.165) is 0 Å². The summed E-state index contributed by atoms with van der Waals surface area (Å²) in [6.45, 7) is 0.115. The van der Waals surface area contributed by atoms with Crippen molar-refractivity contribution in [1.29, 1.82) is 0 Å². The molecular weight excluding hydrogens is 144 g/mol. The van der Waals surface area contributed by atoms with E-state index in [1.807, 2.05) is 6.08 Å². The fraction of sp³-hybridized carbons (Fsp3) is 0.625. The van der Waals surface area contributed by atoms with E-state index in [1.165, 1.54) is 7.11 Å². The zero-order valence-electron chi connectivity index (χ0n) is 6.49. The molecule has 0 spiro atoms. The Kier molecular flexibility index (Phi) is 2.65. The van der Waals surface area contributed by atoms with Crippen LogP contribution >= 0.6 is 0 Å². The van der Waals surface area contributed by atoms with Gasteiger partial charge in [-0.3, -0.25) is 4.79 Å². The zero-order chi connectivity index (χ0) is 8.27. The first-order valence-corrected chi connectivity index (χ1v) is 3.65. The Morgan fingerprint density at radius 1 is 1.73 bits per heavy atom. The summed E-state index contributed by atoms with van der Waals surface area (Å²) in [5.74, 6) is -0.214. The van der Waals surface area contributed by atoms with Crippen LogP contribution in [-0.2, 0) is 9.53 Å². The molecule has 11 heavy (non-hydrogen) atoms. The molecule has 1 rings (SSSR count). The van der Waals surface area contributed by atoms with E-state index in [1.54, 1.807) is 6.08 Å². The molecule has 3 heteroatoms. The molecule has 0 unspecified atom stereocenters. The first-order valence-electron chi connectivity index (χ1n) is 3.65. The number of methoxy groups -OCH3 is 1. The minimum atomic E-state index is -0.211. The molecule has 1 aliphatic carbocycles. The number of hydrogen-bond donors (Lipinski definition) is 1. The molecular formula is C8H12O3. The highest BCUT2D eigenvalue weighted by Crippen LogP contribution is 2.23. The molecule has 2 atom stereocenters. The molecule has 0 aromatic heterocycles. The molecule has 62 valence electrons. The highest BCUT2D eigenvalue weighted by atomic mass is 16.5. The van der Waals surface area contributed by atoms with Gasteiger partial charge in [0, 0.05) is 12.5 Å². The quantitative estimate of drug-likeness (QED) is 0.463. The maximum atomic E-state index is 10.9. The van der Waals surface area contributed by atoms with E-state index < -0.39 is 0 Å². The van der Waals surface area contributed by atoms with Gasteiger partial charge in [0.25, 0.3) is 0 Å². The Morgan fingerprint density at radius 3 is 2.91 bits per heavy atom. The summed E-state index contributed by atoms with van der Waals surface area (Å²) in [6.07, 6.45) is 4.34. The normalized spacial score (nSPS) is 28.9. The van der Waals surface area contributed by atoms with Crippen molar-refractivity contribution < 1.29 is 14.6 Å². The SMILES string of the molecule is COC(=O)[C@@H]1C=C[C@H](CO)C1. The third-order valence-electron chi connectivity index (χ3n) is 1.91. The lowest BCUT2D eigenvalue weighted by Crippen LogP contribution is -2.13. The van der Waals surface area contributed by atoms with Gasteiger partial charge in [-0.25, -0.2) is 0 Å². The van der Waals surface area contributed by atoms with Crippen LogP contribution in [0.1, 0.15) is 6.42 Å². The summed E-state index contributed by atoms with van der Waals surface area (Å²) >= 11 is 0. The number of hydrogen-bond acceptors (Lipinski definition) is 3. The fourth-order valence-electron chi connectivity index (χ4n) is 1.24.